The molecule has 2 aromatic rings. The van der Waals surface area contributed by atoms with Gasteiger partial charge in [0, 0.05) is 17.1 Å². The van der Waals surface area contributed by atoms with E-state index in [9.17, 15) is 19.1 Å². The van der Waals surface area contributed by atoms with Crippen LogP contribution in [0.15, 0.2) is 54.1 Å². The molecule has 0 saturated carbocycles. The summed E-state index contributed by atoms with van der Waals surface area (Å²) in [5.41, 5.74) is 0.938. The molecule has 152 valence electrons. The highest BCUT2D eigenvalue weighted by Gasteiger charge is 2.45. The Hall–Kier alpha value is -2.70. The summed E-state index contributed by atoms with van der Waals surface area (Å²) >= 11 is 5.99. The van der Waals surface area contributed by atoms with E-state index < -0.39 is 23.5 Å². The summed E-state index contributed by atoms with van der Waals surface area (Å²) in [5, 5.41) is 11.4. The van der Waals surface area contributed by atoms with E-state index in [1.807, 2.05) is 19.0 Å². The number of carbonyl (C=O) groups excluding carboxylic acids is 2. The first kappa shape index (κ1) is 21.0. The van der Waals surface area contributed by atoms with Crippen LogP contribution >= 0.6 is 11.6 Å². The fraction of sp³-hybridized carbons (Fsp3) is 0.273. The predicted octanol–water partition coefficient (Wildman–Crippen LogP) is 3.85. The minimum atomic E-state index is -0.753. The van der Waals surface area contributed by atoms with Crippen LogP contribution in [0, 0.1) is 5.82 Å². The van der Waals surface area contributed by atoms with Gasteiger partial charge >= 0.3 is 0 Å². The lowest BCUT2D eigenvalue weighted by Gasteiger charge is -2.26. The van der Waals surface area contributed by atoms with Crippen LogP contribution in [0.3, 0.4) is 0 Å². The molecular formula is C22H22ClFN2O3. The lowest BCUT2D eigenvalue weighted by molar-refractivity contribution is -0.139. The quantitative estimate of drug-likeness (QED) is 0.441. The Balaban J connectivity index is 2.07. The second-order valence-corrected chi connectivity index (χ2v) is 7.64. The van der Waals surface area contributed by atoms with Gasteiger partial charge in [0.25, 0.3) is 11.7 Å². The summed E-state index contributed by atoms with van der Waals surface area (Å²) in [4.78, 5) is 29.1. The molecule has 0 aliphatic carbocycles. The molecular weight excluding hydrogens is 395 g/mol. The topological polar surface area (TPSA) is 60.9 Å². The van der Waals surface area contributed by atoms with Crippen molar-refractivity contribution in [1.29, 1.82) is 0 Å². The van der Waals surface area contributed by atoms with Gasteiger partial charge in [-0.1, -0.05) is 23.7 Å². The van der Waals surface area contributed by atoms with Crippen molar-refractivity contribution < 1.29 is 19.1 Å². The number of amides is 1. The van der Waals surface area contributed by atoms with Crippen molar-refractivity contribution >= 4 is 29.1 Å². The fourth-order valence-corrected chi connectivity index (χ4v) is 3.55. The molecule has 2 aromatic carbocycles. The maximum atomic E-state index is 13.3. The van der Waals surface area contributed by atoms with Crippen LogP contribution in [0.4, 0.5) is 4.39 Å². The van der Waals surface area contributed by atoms with Gasteiger partial charge in [-0.3, -0.25) is 9.59 Å². The lowest BCUT2D eigenvalue weighted by atomic mass is 9.95. The molecule has 0 bridgehead atoms. The van der Waals surface area contributed by atoms with Crippen molar-refractivity contribution in [2.45, 2.75) is 12.5 Å². The first-order valence-electron chi connectivity index (χ1n) is 9.24. The summed E-state index contributed by atoms with van der Waals surface area (Å²) in [5.74, 6) is -2.19. The molecule has 1 unspecified atom stereocenters. The number of aliphatic hydroxyl groups is 1. The summed E-state index contributed by atoms with van der Waals surface area (Å²) in [6.07, 6.45) is 0.667. The average molecular weight is 417 g/mol. The van der Waals surface area contributed by atoms with Crippen molar-refractivity contribution in [3.05, 3.63) is 76.1 Å². The second kappa shape index (κ2) is 8.76. The molecule has 1 N–H and O–H groups in total. The third-order valence-electron chi connectivity index (χ3n) is 4.85. The molecule has 5 nitrogen and oxygen atoms in total. The van der Waals surface area contributed by atoms with Crippen LogP contribution in [0.1, 0.15) is 23.6 Å². The molecule has 1 atom stereocenters. The van der Waals surface area contributed by atoms with E-state index in [1.165, 1.54) is 29.2 Å². The third kappa shape index (κ3) is 4.49. The van der Waals surface area contributed by atoms with E-state index in [0.717, 1.165) is 6.54 Å². The number of ketones is 1. The summed E-state index contributed by atoms with van der Waals surface area (Å²) in [6.45, 7) is 1.10. The fourth-order valence-electron chi connectivity index (χ4n) is 3.42. The zero-order valence-electron chi connectivity index (χ0n) is 16.2. The number of nitrogens with zero attached hydrogens (tertiary/aromatic N) is 2. The number of hydrogen-bond acceptors (Lipinski definition) is 4. The Morgan fingerprint density at radius 3 is 2.31 bits per heavy atom. The largest absolute Gasteiger partial charge is 0.507 e. The van der Waals surface area contributed by atoms with Crippen LogP contribution in [0.2, 0.25) is 5.02 Å². The van der Waals surface area contributed by atoms with Gasteiger partial charge in [0.1, 0.15) is 11.6 Å². The molecule has 7 heteroatoms. The van der Waals surface area contributed by atoms with Gasteiger partial charge < -0.3 is 14.9 Å². The summed E-state index contributed by atoms with van der Waals surface area (Å²) in [6, 6.07) is 11.2. The summed E-state index contributed by atoms with van der Waals surface area (Å²) < 4.78 is 13.3. The van der Waals surface area contributed by atoms with Gasteiger partial charge in [-0.2, -0.15) is 0 Å². The number of Topliss-reactive ketones (excluding diaryl/α,β-unsaturated/α-hetero) is 1. The molecule has 1 aliphatic rings. The van der Waals surface area contributed by atoms with Crippen LogP contribution in [0.25, 0.3) is 5.76 Å². The minimum absolute atomic E-state index is 0.00576. The number of hydrogen-bond donors (Lipinski definition) is 1. The van der Waals surface area contributed by atoms with E-state index in [4.69, 9.17) is 11.6 Å². The normalized spacial score (nSPS) is 18.7. The highest BCUT2D eigenvalue weighted by Crippen LogP contribution is 2.39. The number of likely N-dealkylation sites (tertiary alicyclic amines) is 1. The number of benzene rings is 2. The van der Waals surface area contributed by atoms with Crippen molar-refractivity contribution in [2.75, 3.05) is 27.2 Å². The highest BCUT2D eigenvalue weighted by molar-refractivity contribution is 6.46. The highest BCUT2D eigenvalue weighted by atomic mass is 35.5. The Bertz CT molecular complexity index is 940. The Kier molecular flexibility index (Phi) is 6.35. The first-order chi connectivity index (χ1) is 13.8. The molecule has 1 saturated heterocycles. The Morgan fingerprint density at radius 2 is 1.72 bits per heavy atom. The number of rotatable bonds is 6. The van der Waals surface area contributed by atoms with Crippen molar-refractivity contribution in [3.8, 4) is 0 Å². The van der Waals surface area contributed by atoms with Gasteiger partial charge in [0.15, 0.2) is 0 Å². The maximum absolute atomic E-state index is 13.3. The molecule has 29 heavy (non-hydrogen) atoms. The SMILES string of the molecule is CN(C)CCCN1C(=O)C(=O)/C(=C(\O)c2ccc(F)cc2)C1c1ccc(Cl)cc1. The monoisotopic (exact) mass is 416 g/mol. The van der Waals surface area contributed by atoms with Crippen molar-refractivity contribution in [2.24, 2.45) is 0 Å². The molecule has 0 aromatic heterocycles. The van der Waals surface area contributed by atoms with E-state index in [-0.39, 0.29) is 16.9 Å². The molecule has 1 aliphatic heterocycles. The predicted molar refractivity (Wildman–Crippen MR) is 110 cm³/mol. The maximum Gasteiger partial charge on any atom is 0.295 e. The van der Waals surface area contributed by atoms with Crippen LogP contribution in [-0.2, 0) is 9.59 Å². The van der Waals surface area contributed by atoms with E-state index >= 15 is 0 Å². The van der Waals surface area contributed by atoms with Gasteiger partial charge in [0.2, 0.25) is 0 Å². The van der Waals surface area contributed by atoms with E-state index in [1.54, 1.807) is 24.3 Å². The zero-order valence-corrected chi connectivity index (χ0v) is 17.0. The van der Waals surface area contributed by atoms with Crippen LogP contribution in [-0.4, -0.2) is 53.8 Å². The van der Waals surface area contributed by atoms with Crippen LogP contribution in [0.5, 0.6) is 0 Å². The van der Waals surface area contributed by atoms with Gasteiger partial charge in [0.05, 0.1) is 11.6 Å². The molecule has 1 fully saturated rings. The third-order valence-corrected chi connectivity index (χ3v) is 5.10. The minimum Gasteiger partial charge on any atom is -0.507 e. The smallest absolute Gasteiger partial charge is 0.295 e. The number of carbonyl (C=O) groups is 2. The molecule has 3 rings (SSSR count). The van der Waals surface area contributed by atoms with Gasteiger partial charge in [-0.05, 0) is 69.0 Å². The Labute approximate surface area is 174 Å². The average Bonchev–Trinajstić information content (AvgIpc) is 2.93. The van der Waals surface area contributed by atoms with Gasteiger partial charge in [-0.25, -0.2) is 4.39 Å². The summed E-state index contributed by atoms with van der Waals surface area (Å²) in [7, 11) is 3.86. The standard InChI is InChI=1S/C22H22ClFN2O3/c1-25(2)12-3-13-26-19(14-4-8-16(23)9-5-14)18(21(28)22(26)29)20(27)15-6-10-17(24)11-7-15/h4-11,19,27H,3,12-13H2,1-2H3/b20-18-. The zero-order chi connectivity index (χ0) is 21.1. The lowest BCUT2D eigenvalue weighted by Crippen LogP contribution is -2.32. The number of aliphatic hydroxyl groups excluding tert-OH is 1. The molecule has 1 amide bonds. The van der Waals surface area contributed by atoms with Gasteiger partial charge in [-0.15, -0.1) is 0 Å². The molecule has 1 heterocycles. The van der Waals surface area contributed by atoms with E-state index in [0.29, 0.717) is 23.6 Å². The first-order valence-corrected chi connectivity index (χ1v) is 9.62. The Morgan fingerprint density at radius 1 is 1.10 bits per heavy atom. The van der Waals surface area contributed by atoms with Crippen molar-refractivity contribution in [1.82, 2.24) is 9.80 Å². The molecule has 0 radical (unpaired) electrons. The number of halogens is 2. The van der Waals surface area contributed by atoms with Crippen molar-refractivity contribution in [3.63, 3.8) is 0 Å². The van der Waals surface area contributed by atoms with Crippen LogP contribution < -0.4 is 0 Å². The molecule has 0 spiro atoms. The van der Waals surface area contributed by atoms with E-state index in [2.05, 4.69) is 0 Å². The second-order valence-electron chi connectivity index (χ2n) is 7.21.